The molecule has 0 bridgehead atoms. The van der Waals surface area contributed by atoms with Crippen LogP contribution in [0.3, 0.4) is 0 Å². The van der Waals surface area contributed by atoms with E-state index in [0.717, 1.165) is 25.7 Å². The van der Waals surface area contributed by atoms with Crippen molar-refractivity contribution >= 4 is 22.9 Å². The summed E-state index contributed by atoms with van der Waals surface area (Å²) in [5, 5.41) is 34.2. The lowest BCUT2D eigenvalue weighted by Crippen LogP contribution is -2.33. The quantitative estimate of drug-likeness (QED) is 0.304. The van der Waals surface area contributed by atoms with Crippen molar-refractivity contribution in [1.29, 1.82) is 0 Å². The van der Waals surface area contributed by atoms with Crippen molar-refractivity contribution in [1.82, 2.24) is 29.3 Å². The first kappa shape index (κ1) is 21.7. The molecule has 3 aromatic rings. The van der Waals surface area contributed by atoms with E-state index < -0.39 is 37.1 Å². The SMILES string of the molecule is NC(=O)C(c1cnn(-c2nc(N)c3ncn(C4OC(CO)C(O)C4O)c3n2)c1)C1CCCC1. The molecule has 1 saturated carbocycles. The Morgan fingerprint density at radius 1 is 1.24 bits per heavy atom. The molecule has 5 rings (SSSR count). The first-order valence-electron chi connectivity index (χ1n) is 10.9. The summed E-state index contributed by atoms with van der Waals surface area (Å²) < 4.78 is 8.42. The second-order valence-electron chi connectivity index (χ2n) is 8.60. The number of fused-ring (bicyclic) bond motifs is 1. The summed E-state index contributed by atoms with van der Waals surface area (Å²) in [6.45, 7) is -0.457. The van der Waals surface area contributed by atoms with E-state index >= 15 is 0 Å². The van der Waals surface area contributed by atoms with Crippen molar-refractivity contribution in [2.24, 2.45) is 11.7 Å². The van der Waals surface area contributed by atoms with Crippen molar-refractivity contribution in [3.8, 4) is 5.95 Å². The zero-order chi connectivity index (χ0) is 23.3. The maximum Gasteiger partial charge on any atom is 0.254 e. The third-order valence-electron chi connectivity index (χ3n) is 6.57. The number of nitrogens with two attached hydrogens (primary N) is 2. The summed E-state index contributed by atoms with van der Waals surface area (Å²) in [5.41, 5.74) is 13.0. The number of amides is 1. The number of nitrogen functional groups attached to an aromatic ring is 1. The molecule has 5 atom stereocenters. The van der Waals surface area contributed by atoms with Crippen molar-refractivity contribution in [3.63, 3.8) is 0 Å². The van der Waals surface area contributed by atoms with Crippen LogP contribution in [0.15, 0.2) is 18.7 Å². The molecule has 1 aliphatic heterocycles. The molecule has 176 valence electrons. The largest absolute Gasteiger partial charge is 0.394 e. The van der Waals surface area contributed by atoms with Crippen LogP contribution in [0.2, 0.25) is 0 Å². The number of hydrogen-bond acceptors (Lipinski definition) is 10. The number of aliphatic hydroxyl groups excluding tert-OH is 3. The van der Waals surface area contributed by atoms with Crippen molar-refractivity contribution in [3.05, 3.63) is 24.3 Å². The summed E-state index contributed by atoms with van der Waals surface area (Å²) in [5.74, 6) is -0.428. The van der Waals surface area contributed by atoms with Gasteiger partial charge in [0.15, 0.2) is 17.7 Å². The molecule has 13 nitrogen and oxygen atoms in total. The third-order valence-corrected chi connectivity index (χ3v) is 6.57. The van der Waals surface area contributed by atoms with Gasteiger partial charge in [0.1, 0.15) is 23.8 Å². The fraction of sp³-hybridized carbons (Fsp3) is 0.550. The molecule has 7 N–H and O–H groups in total. The number of carbonyl (C=O) groups excluding carboxylic acids is 1. The number of carbonyl (C=O) groups is 1. The monoisotopic (exact) mass is 458 g/mol. The Morgan fingerprint density at radius 2 is 2.00 bits per heavy atom. The maximum absolute atomic E-state index is 12.2. The van der Waals surface area contributed by atoms with Crippen molar-refractivity contribution < 1.29 is 24.9 Å². The summed E-state index contributed by atoms with van der Waals surface area (Å²) in [6, 6.07) is 0. The topological polar surface area (TPSA) is 200 Å². The smallest absolute Gasteiger partial charge is 0.254 e. The Morgan fingerprint density at radius 3 is 2.67 bits per heavy atom. The van der Waals surface area contributed by atoms with E-state index in [1.54, 1.807) is 12.4 Å². The zero-order valence-corrected chi connectivity index (χ0v) is 17.7. The van der Waals surface area contributed by atoms with Gasteiger partial charge in [-0.3, -0.25) is 9.36 Å². The summed E-state index contributed by atoms with van der Waals surface area (Å²) in [6.07, 6.45) is 4.10. The lowest BCUT2D eigenvalue weighted by molar-refractivity contribution is -0.120. The molecule has 3 aromatic heterocycles. The van der Waals surface area contributed by atoms with Gasteiger partial charge in [-0.2, -0.15) is 15.1 Å². The Hall–Kier alpha value is -3.13. The van der Waals surface area contributed by atoms with Crippen LogP contribution in [0, 0.1) is 5.92 Å². The lowest BCUT2D eigenvalue weighted by Gasteiger charge is -2.18. The van der Waals surface area contributed by atoms with Gasteiger partial charge < -0.3 is 31.5 Å². The first-order valence-corrected chi connectivity index (χ1v) is 10.9. The molecule has 33 heavy (non-hydrogen) atoms. The van der Waals surface area contributed by atoms with E-state index in [9.17, 15) is 20.1 Å². The molecule has 5 unspecified atom stereocenters. The molecule has 1 saturated heterocycles. The molecule has 13 heteroatoms. The van der Waals surface area contributed by atoms with Crippen LogP contribution in [0.4, 0.5) is 5.82 Å². The van der Waals surface area contributed by atoms with Gasteiger partial charge in [0, 0.05) is 11.8 Å². The number of aliphatic hydroxyl groups is 3. The number of rotatable bonds is 6. The van der Waals surface area contributed by atoms with Crippen molar-refractivity contribution in [2.45, 2.75) is 56.1 Å². The molecular formula is C20H26N8O5. The second-order valence-corrected chi connectivity index (χ2v) is 8.60. The maximum atomic E-state index is 12.2. The van der Waals surface area contributed by atoms with E-state index in [2.05, 4.69) is 20.1 Å². The van der Waals surface area contributed by atoms with Gasteiger partial charge in [-0.15, -0.1) is 0 Å². The van der Waals surface area contributed by atoms with Crippen LogP contribution in [0.5, 0.6) is 0 Å². The Bertz CT molecular complexity index is 1170. The van der Waals surface area contributed by atoms with Gasteiger partial charge in [0.2, 0.25) is 5.91 Å². The minimum Gasteiger partial charge on any atom is -0.394 e. The van der Waals surface area contributed by atoms with Crippen LogP contribution in [-0.2, 0) is 9.53 Å². The number of aromatic nitrogens is 6. The molecule has 2 aliphatic rings. The normalized spacial score (nSPS) is 26.9. The summed E-state index contributed by atoms with van der Waals surface area (Å²) >= 11 is 0. The fourth-order valence-corrected chi connectivity index (χ4v) is 4.89. The average Bonchev–Trinajstić information content (AvgIpc) is 3.57. The fourth-order valence-electron chi connectivity index (χ4n) is 4.89. The van der Waals surface area contributed by atoms with Crippen LogP contribution in [-0.4, -0.2) is 75.4 Å². The predicted molar refractivity (Wildman–Crippen MR) is 114 cm³/mol. The molecule has 2 fully saturated rings. The number of hydrogen-bond donors (Lipinski definition) is 5. The highest BCUT2D eigenvalue weighted by molar-refractivity contribution is 5.83. The van der Waals surface area contributed by atoms with Crippen LogP contribution in [0.25, 0.3) is 17.1 Å². The number of ether oxygens (including phenoxy) is 1. The van der Waals surface area contributed by atoms with Crippen LogP contribution in [0.1, 0.15) is 43.4 Å². The van der Waals surface area contributed by atoms with Crippen molar-refractivity contribution in [2.75, 3.05) is 12.3 Å². The van der Waals surface area contributed by atoms with E-state index in [-0.39, 0.29) is 34.8 Å². The van der Waals surface area contributed by atoms with Gasteiger partial charge >= 0.3 is 0 Å². The highest BCUT2D eigenvalue weighted by atomic mass is 16.6. The highest BCUT2D eigenvalue weighted by Crippen LogP contribution is 2.37. The highest BCUT2D eigenvalue weighted by Gasteiger charge is 2.44. The van der Waals surface area contributed by atoms with Gasteiger partial charge in [-0.25, -0.2) is 9.67 Å². The minimum atomic E-state index is -1.31. The van der Waals surface area contributed by atoms with Gasteiger partial charge in [0.05, 0.1) is 25.0 Å². The molecule has 4 heterocycles. The van der Waals surface area contributed by atoms with Gasteiger partial charge in [-0.1, -0.05) is 12.8 Å². The van der Waals surface area contributed by atoms with Crippen LogP contribution >= 0.6 is 0 Å². The van der Waals surface area contributed by atoms with Crippen LogP contribution < -0.4 is 11.5 Å². The number of nitrogens with zero attached hydrogens (tertiary/aromatic N) is 6. The predicted octanol–water partition coefficient (Wildman–Crippen LogP) is -1.04. The van der Waals surface area contributed by atoms with E-state index in [0.29, 0.717) is 5.56 Å². The molecule has 0 spiro atoms. The second kappa shape index (κ2) is 8.33. The Labute approximate surface area is 188 Å². The average molecular weight is 458 g/mol. The van der Waals surface area contributed by atoms with E-state index in [1.807, 2.05) is 0 Å². The van der Waals surface area contributed by atoms with E-state index in [4.69, 9.17) is 16.2 Å². The minimum absolute atomic E-state index is 0.0831. The summed E-state index contributed by atoms with van der Waals surface area (Å²) in [4.78, 5) is 25.1. The lowest BCUT2D eigenvalue weighted by atomic mass is 9.86. The molecule has 0 aromatic carbocycles. The molecule has 0 radical (unpaired) electrons. The first-order chi connectivity index (χ1) is 15.9. The number of anilines is 1. The standard InChI is InChI=1S/C20H26N8O5/c21-16-13-18(27(8-23-13)19-15(31)14(30)11(7-29)33-19)26-20(25-16)28-6-10(5-24-28)12(17(22)32)9-3-1-2-4-9/h5-6,8-9,11-12,14-15,19,29-31H,1-4,7H2,(H2,22,32)(H2,21,25,26). The third kappa shape index (κ3) is 3.62. The Kier molecular flexibility index (Phi) is 5.48. The van der Waals surface area contributed by atoms with E-state index in [1.165, 1.54) is 15.6 Å². The number of primary amides is 1. The molecule has 1 amide bonds. The van der Waals surface area contributed by atoms with Gasteiger partial charge in [-0.05, 0) is 18.8 Å². The zero-order valence-electron chi connectivity index (χ0n) is 17.7. The molecule has 1 aliphatic carbocycles. The summed E-state index contributed by atoms with van der Waals surface area (Å²) in [7, 11) is 0. The Balaban J connectivity index is 1.51. The molecular weight excluding hydrogens is 432 g/mol. The number of imidazole rings is 1. The van der Waals surface area contributed by atoms with Gasteiger partial charge in [0.25, 0.3) is 5.95 Å².